The van der Waals surface area contributed by atoms with E-state index in [0.29, 0.717) is 6.42 Å². The Morgan fingerprint density at radius 2 is 1.50 bits per heavy atom. The topological polar surface area (TPSA) is 54.0 Å². The first-order valence-electron chi connectivity index (χ1n) is 15.7. The monoisotopic (exact) mass is 696 g/mol. The van der Waals surface area contributed by atoms with E-state index in [4.69, 9.17) is 18.0 Å². The molecule has 2 aliphatic carbocycles. The minimum absolute atomic E-state index is 0.0541. The van der Waals surface area contributed by atoms with Crippen LogP contribution in [0.1, 0.15) is 60.8 Å². The fourth-order valence-electron chi connectivity index (χ4n) is 7.10. The fourth-order valence-corrected chi connectivity index (χ4v) is 14.2. The third kappa shape index (κ3) is 6.28. The van der Waals surface area contributed by atoms with Gasteiger partial charge in [-0.3, -0.25) is 0 Å². The van der Waals surface area contributed by atoms with E-state index in [2.05, 4.69) is 118 Å². The number of esters is 1. The molecule has 9 heteroatoms. The molecule has 0 unspecified atom stereocenters. The zero-order valence-corrected chi connectivity index (χ0v) is 33.4. The van der Waals surface area contributed by atoms with E-state index >= 15 is 0 Å². The van der Waals surface area contributed by atoms with Gasteiger partial charge in [0, 0.05) is 0 Å². The van der Waals surface area contributed by atoms with Crippen LogP contribution in [-0.4, -0.2) is 69.3 Å². The van der Waals surface area contributed by atoms with E-state index in [-0.39, 0.29) is 44.1 Å². The van der Waals surface area contributed by atoms with Crippen LogP contribution in [0.3, 0.4) is 0 Å². The van der Waals surface area contributed by atoms with Gasteiger partial charge in [-0.1, -0.05) is 0 Å². The summed E-state index contributed by atoms with van der Waals surface area (Å²) in [7, 11) is -6.24. The molecule has 42 heavy (non-hydrogen) atoms. The van der Waals surface area contributed by atoms with E-state index in [1.54, 1.807) is 0 Å². The number of carbonyl (C=O) groups excluding carboxylic acids is 1. The van der Waals surface area contributed by atoms with Crippen LogP contribution >= 0.6 is 0 Å². The number of benzene rings is 1. The van der Waals surface area contributed by atoms with Crippen LogP contribution in [0.2, 0.25) is 61.7 Å². The van der Waals surface area contributed by atoms with Crippen molar-refractivity contribution < 1.29 is 22.8 Å². The molecular formula is C33H56O5SeSi3. The van der Waals surface area contributed by atoms with Gasteiger partial charge in [0.1, 0.15) is 0 Å². The second-order valence-corrected chi connectivity index (χ2v) is 33.5. The zero-order chi connectivity index (χ0) is 31.7. The van der Waals surface area contributed by atoms with Crippen LogP contribution in [0, 0.1) is 5.92 Å². The van der Waals surface area contributed by atoms with Crippen LogP contribution < -0.4 is 4.46 Å². The third-order valence-electron chi connectivity index (χ3n) is 9.93. The maximum absolute atomic E-state index is 14.0. The molecular weight excluding hydrogens is 640 g/mol. The first kappa shape index (κ1) is 34.4. The van der Waals surface area contributed by atoms with E-state index in [1.807, 2.05) is 6.07 Å². The summed E-state index contributed by atoms with van der Waals surface area (Å²) < 4.78 is 29.3. The molecule has 0 radical (unpaired) electrons. The van der Waals surface area contributed by atoms with E-state index in [9.17, 15) is 4.79 Å². The molecule has 0 bridgehead atoms. The van der Waals surface area contributed by atoms with Gasteiger partial charge in [-0.25, -0.2) is 0 Å². The van der Waals surface area contributed by atoms with Crippen LogP contribution in [0.15, 0.2) is 41.5 Å². The molecule has 1 saturated heterocycles. The molecule has 0 aromatic heterocycles. The number of hydrogen-bond donors (Lipinski definition) is 0. The summed E-state index contributed by atoms with van der Waals surface area (Å²) in [5.41, 5.74) is 1.08. The summed E-state index contributed by atoms with van der Waals surface area (Å²) >= 11 is -0.0719. The Bertz CT molecular complexity index is 1210. The first-order valence-corrected chi connectivity index (χ1v) is 27.1. The first-order chi connectivity index (χ1) is 18.9. The van der Waals surface area contributed by atoms with Gasteiger partial charge in [-0.15, -0.1) is 0 Å². The fraction of sp³-hybridized carbons (Fsp3) is 0.727. The van der Waals surface area contributed by atoms with Crippen molar-refractivity contribution in [1.82, 2.24) is 0 Å². The molecule has 1 heterocycles. The summed E-state index contributed by atoms with van der Waals surface area (Å²) in [5, 5.41) is 0.0760. The number of rotatable bonds is 8. The number of fused-ring (bicyclic) bond motifs is 3. The van der Waals surface area contributed by atoms with Crippen molar-refractivity contribution in [3.63, 3.8) is 0 Å². The molecule has 6 atom stereocenters. The van der Waals surface area contributed by atoms with Crippen molar-refractivity contribution in [2.24, 2.45) is 5.92 Å². The molecule has 4 rings (SSSR count). The van der Waals surface area contributed by atoms with Gasteiger partial charge in [0.25, 0.3) is 0 Å². The van der Waals surface area contributed by atoms with Crippen LogP contribution in [0.4, 0.5) is 0 Å². The maximum atomic E-state index is 14.0. The Morgan fingerprint density at radius 3 is 2.02 bits per heavy atom. The Kier molecular flexibility index (Phi) is 9.06. The predicted octanol–water partition coefficient (Wildman–Crippen LogP) is 7.84. The van der Waals surface area contributed by atoms with Crippen LogP contribution in [-0.2, 0) is 22.8 Å². The number of ether oxygens (including phenoxy) is 1. The minimum atomic E-state index is -2.12. The van der Waals surface area contributed by atoms with Gasteiger partial charge in [-0.05, 0) is 0 Å². The van der Waals surface area contributed by atoms with Gasteiger partial charge < -0.3 is 0 Å². The van der Waals surface area contributed by atoms with Gasteiger partial charge >= 0.3 is 266 Å². The van der Waals surface area contributed by atoms with E-state index < -0.39 is 40.5 Å². The number of hydrogen-bond acceptors (Lipinski definition) is 5. The van der Waals surface area contributed by atoms with Crippen molar-refractivity contribution in [2.45, 2.75) is 146 Å². The second kappa shape index (κ2) is 11.1. The zero-order valence-electron chi connectivity index (χ0n) is 28.7. The van der Waals surface area contributed by atoms with Gasteiger partial charge in [0.2, 0.25) is 0 Å². The predicted molar refractivity (Wildman–Crippen MR) is 182 cm³/mol. The Hall–Kier alpha value is -0.520. The van der Waals surface area contributed by atoms with Crippen molar-refractivity contribution >= 4 is 50.3 Å². The number of carbonyl (C=O) groups is 1. The standard InChI is InChI=1S/C33H56O5SeSi3/c1-23-26(36-42(13,14)30(2,3)4)22-33(38-41(10,11)12)27(23)28-25(20-21-31(33,5)37-40(7,8)9)32(6,29(34)35-28)39-24-18-16-15-17-19-24/h15-19,25-26,28H,20-22H2,1-14H3/t25-,26-,28+,31-,32-,33+/m1/s1. The van der Waals surface area contributed by atoms with Crippen molar-refractivity contribution in [1.29, 1.82) is 0 Å². The molecule has 2 fully saturated rings. The van der Waals surface area contributed by atoms with Crippen molar-refractivity contribution in [3.8, 4) is 0 Å². The summed E-state index contributed by atoms with van der Waals surface area (Å²) in [6.07, 6.45) is 1.98. The Labute approximate surface area is 265 Å². The molecule has 1 aromatic rings. The van der Waals surface area contributed by atoms with Crippen LogP contribution in [0.25, 0.3) is 0 Å². The second-order valence-electron chi connectivity index (χ2n) is 16.6. The van der Waals surface area contributed by atoms with Crippen molar-refractivity contribution in [2.75, 3.05) is 0 Å². The Morgan fingerprint density at radius 1 is 0.929 bits per heavy atom. The molecule has 5 nitrogen and oxygen atoms in total. The molecule has 1 aromatic carbocycles. The molecule has 3 aliphatic rings. The molecule has 0 N–H and O–H groups in total. The molecule has 0 amide bonds. The summed E-state index contributed by atoms with van der Waals surface area (Å²) in [6, 6.07) is 10.5. The average molecular weight is 696 g/mol. The molecule has 1 saturated carbocycles. The van der Waals surface area contributed by atoms with Gasteiger partial charge in [0.15, 0.2) is 0 Å². The SMILES string of the molecule is CC1=C2[C@H]3OC(=O)[C@](C)([Se]c4ccccc4)[C@@H]3CC[C@@](C)(O[Si](C)(C)C)[C@]2(O[Si](C)(C)C)C[C@H]1O[Si](C)(C)C(C)(C)C. The normalized spacial score (nSPS) is 34.2. The third-order valence-corrected chi connectivity index (χ3v) is 19.4. The quantitative estimate of drug-likeness (QED) is 0.158. The summed E-state index contributed by atoms with van der Waals surface area (Å²) in [5.74, 6) is -0.00881. The van der Waals surface area contributed by atoms with E-state index in [0.717, 1.165) is 18.4 Å². The van der Waals surface area contributed by atoms with E-state index in [1.165, 1.54) is 10.0 Å². The molecule has 0 spiro atoms. The van der Waals surface area contributed by atoms with Gasteiger partial charge in [0.05, 0.1) is 0 Å². The van der Waals surface area contributed by atoms with Crippen LogP contribution in [0.5, 0.6) is 0 Å². The molecule has 236 valence electrons. The molecule has 1 aliphatic heterocycles. The van der Waals surface area contributed by atoms with Gasteiger partial charge in [-0.2, -0.15) is 0 Å². The summed E-state index contributed by atoms with van der Waals surface area (Å²) in [6.45, 7) is 31.9. The Balaban J connectivity index is 1.93. The summed E-state index contributed by atoms with van der Waals surface area (Å²) in [4.78, 5) is 14.0. The average Bonchev–Trinajstić information content (AvgIpc) is 3.16. The van der Waals surface area contributed by atoms with Crippen molar-refractivity contribution in [3.05, 3.63) is 41.5 Å².